The topological polar surface area (TPSA) is 123 Å². The van der Waals surface area contributed by atoms with Crippen LogP contribution in [0.1, 0.15) is 65.2 Å². The molecule has 0 saturated carbocycles. The third-order valence-electron chi connectivity index (χ3n) is 11.5. The van der Waals surface area contributed by atoms with Crippen LogP contribution in [0.2, 0.25) is 0 Å². The summed E-state index contributed by atoms with van der Waals surface area (Å²) in [6.07, 6.45) is 5.82. The van der Waals surface area contributed by atoms with Crippen LogP contribution in [0.15, 0.2) is 164 Å². The molecule has 7 aromatic rings. The first kappa shape index (κ1) is 40.7. The lowest BCUT2D eigenvalue weighted by atomic mass is 9.77. The number of hydrazine groups is 1. The van der Waals surface area contributed by atoms with Crippen molar-refractivity contribution in [3.05, 3.63) is 192 Å². The Bertz CT molecular complexity index is 2470. The molecule has 306 valence electrons. The van der Waals surface area contributed by atoms with Gasteiger partial charge in [-0.3, -0.25) is 19.4 Å². The molecule has 0 N–H and O–H groups in total. The van der Waals surface area contributed by atoms with E-state index in [0.29, 0.717) is 38.1 Å². The van der Waals surface area contributed by atoms with Crippen LogP contribution in [0.5, 0.6) is 0 Å². The molecule has 1 saturated heterocycles. The van der Waals surface area contributed by atoms with Crippen molar-refractivity contribution >= 4 is 17.8 Å². The lowest BCUT2D eigenvalue weighted by Gasteiger charge is -2.36. The molecule has 2 aromatic heterocycles. The number of amides is 2. The Morgan fingerprint density at radius 1 is 0.770 bits per heavy atom. The van der Waals surface area contributed by atoms with Gasteiger partial charge in [-0.1, -0.05) is 153 Å². The Hall–Kier alpha value is -7.11. The summed E-state index contributed by atoms with van der Waals surface area (Å²) in [6.45, 7) is 2.40. The molecule has 2 atom stereocenters. The third kappa shape index (κ3) is 8.00. The highest BCUT2D eigenvalue weighted by Gasteiger charge is 2.44. The monoisotopic (exact) mass is 809 g/mol. The molecule has 0 bridgehead atoms. The Kier molecular flexibility index (Phi) is 12.3. The van der Waals surface area contributed by atoms with Crippen molar-refractivity contribution in [1.82, 2.24) is 35.2 Å². The van der Waals surface area contributed by atoms with Crippen LogP contribution in [-0.2, 0) is 26.3 Å². The van der Waals surface area contributed by atoms with E-state index in [1.807, 2.05) is 96.5 Å². The summed E-state index contributed by atoms with van der Waals surface area (Å²) < 4.78 is 7.03. The second-order valence-corrected chi connectivity index (χ2v) is 15.2. The molecule has 0 radical (unpaired) electrons. The summed E-state index contributed by atoms with van der Waals surface area (Å²) >= 11 is 0. The standard InChI is InChI=1S/C50H47N7O4/c1-3-17-38(47(58)56(48(59)39-18-15-32-51-35-39)55-33-16-27-45(55)49(60)61-2)34-36-28-30-37(31-29-36)43-25-13-14-26-44(43)46-52-53-54-57(46)50(40-19-7-4-8-20-40,41-21-9-5-10-22-41)42-23-11-6-12-24-42/h4-15,18-26,28-32,35,38,45H,3,16-17,27,33-34H2,1-2H3/t38-,45-/m0/s1. The van der Waals surface area contributed by atoms with E-state index in [4.69, 9.17) is 15.0 Å². The molecule has 1 aliphatic heterocycles. The number of carbonyl (C=O) groups is 3. The van der Waals surface area contributed by atoms with Gasteiger partial charge in [-0.25, -0.2) is 9.69 Å². The first-order valence-corrected chi connectivity index (χ1v) is 20.7. The van der Waals surface area contributed by atoms with Gasteiger partial charge in [0.2, 0.25) is 5.91 Å². The summed E-state index contributed by atoms with van der Waals surface area (Å²) in [7, 11) is 1.32. The minimum absolute atomic E-state index is 0.268. The zero-order chi connectivity index (χ0) is 42.2. The summed E-state index contributed by atoms with van der Waals surface area (Å²) in [5.74, 6) is -1.28. The Labute approximate surface area is 355 Å². The molecular weight excluding hydrogens is 763 g/mol. The van der Waals surface area contributed by atoms with Gasteiger partial charge in [-0.15, -0.1) is 5.10 Å². The summed E-state index contributed by atoms with van der Waals surface area (Å²) in [5.41, 5.74) is 6.04. The average molecular weight is 810 g/mol. The highest BCUT2D eigenvalue weighted by atomic mass is 16.5. The molecular formula is C50H47N7O4. The zero-order valence-electron chi connectivity index (χ0n) is 34.2. The molecule has 11 heteroatoms. The van der Waals surface area contributed by atoms with Crippen LogP contribution in [0, 0.1) is 5.92 Å². The van der Waals surface area contributed by atoms with Gasteiger partial charge in [-0.05, 0) is 81.6 Å². The highest BCUT2D eigenvalue weighted by molar-refractivity contribution is 6.05. The van der Waals surface area contributed by atoms with E-state index in [1.54, 1.807) is 23.3 Å². The fourth-order valence-electron chi connectivity index (χ4n) is 8.68. The fourth-order valence-corrected chi connectivity index (χ4v) is 8.68. The van der Waals surface area contributed by atoms with Crippen molar-refractivity contribution in [3.63, 3.8) is 0 Å². The number of imide groups is 1. The number of nitrogens with zero attached hydrogens (tertiary/aromatic N) is 7. The predicted molar refractivity (Wildman–Crippen MR) is 233 cm³/mol. The molecule has 1 aliphatic rings. The number of aromatic nitrogens is 5. The lowest BCUT2D eigenvalue weighted by molar-refractivity contribution is -0.159. The maximum Gasteiger partial charge on any atom is 0.324 e. The number of hydrogen-bond acceptors (Lipinski definition) is 9. The molecule has 2 amide bonds. The number of methoxy groups -OCH3 is 1. The van der Waals surface area contributed by atoms with Crippen LogP contribution in [-0.4, -0.2) is 72.7 Å². The van der Waals surface area contributed by atoms with Crippen LogP contribution in [0.3, 0.4) is 0 Å². The number of hydrogen-bond donors (Lipinski definition) is 0. The molecule has 1 fully saturated rings. The first-order chi connectivity index (χ1) is 29.9. The lowest BCUT2D eigenvalue weighted by Crippen LogP contribution is -2.56. The van der Waals surface area contributed by atoms with Gasteiger partial charge in [0.15, 0.2) is 5.82 Å². The minimum Gasteiger partial charge on any atom is -0.468 e. The molecule has 8 rings (SSSR count). The number of benzene rings is 5. The van der Waals surface area contributed by atoms with E-state index in [0.717, 1.165) is 45.4 Å². The van der Waals surface area contributed by atoms with Gasteiger partial charge in [0.25, 0.3) is 5.91 Å². The third-order valence-corrected chi connectivity index (χ3v) is 11.5. The van der Waals surface area contributed by atoms with E-state index in [1.165, 1.54) is 18.3 Å². The summed E-state index contributed by atoms with van der Waals surface area (Å²) in [4.78, 5) is 45.8. The second-order valence-electron chi connectivity index (χ2n) is 15.2. The van der Waals surface area contributed by atoms with E-state index >= 15 is 0 Å². The van der Waals surface area contributed by atoms with Crippen molar-refractivity contribution in [1.29, 1.82) is 0 Å². The van der Waals surface area contributed by atoms with Gasteiger partial charge >= 0.3 is 5.97 Å². The van der Waals surface area contributed by atoms with Crippen LogP contribution in [0.4, 0.5) is 0 Å². The second kappa shape index (κ2) is 18.4. The SMILES string of the molecule is CCC[C@@H](Cc1ccc(-c2ccccc2-c2nnnn2C(c2ccccc2)(c2ccccc2)c2ccccc2)cc1)C(=O)N(C(=O)c1cccnc1)N1CCC[C@H]1C(=O)OC. The van der Waals surface area contributed by atoms with Gasteiger partial charge in [0.05, 0.1) is 12.7 Å². The van der Waals surface area contributed by atoms with Crippen molar-refractivity contribution in [3.8, 4) is 22.5 Å². The molecule has 11 nitrogen and oxygen atoms in total. The number of ether oxygens (including phenoxy) is 1. The number of pyridine rings is 1. The molecule has 61 heavy (non-hydrogen) atoms. The van der Waals surface area contributed by atoms with Crippen molar-refractivity contribution < 1.29 is 19.1 Å². The Morgan fingerprint density at radius 3 is 1.95 bits per heavy atom. The summed E-state index contributed by atoms with van der Waals surface area (Å²) in [6, 6.07) is 49.8. The zero-order valence-corrected chi connectivity index (χ0v) is 34.2. The predicted octanol–water partition coefficient (Wildman–Crippen LogP) is 8.42. The van der Waals surface area contributed by atoms with Crippen LogP contribution >= 0.6 is 0 Å². The van der Waals surface area contributed by atoms with Crippen molar-refractivity contribution in [2.75, 3.05) is 13.7 Å². The Balaban J connectivity index is 1.15. The quantitative estimate of drug-likeness (QED) is 0.0787. The maximum absolute atomic E-state index is 14.7. The van der Waals surface area contributed by atoms with Crippen LogP contribution < -0.4 is 0 Å². The van der Waals surface area contributed by atoms with Crippen LogP contribution in [0.25, 0.3) is 22.5 Å². The molecule has 3 heterocycles. The highest BCUT2D eigenvalue weighted by Crippen LogP contribution is 2.43. The molecule has 0 spiro atoms. The maximum atomic E-state index is 14.7. The summed E-state index contributed by atoms with van der Waals surface area (Å²) in [5, 5.41) is 16.6. The molecule has 0 unspecified atom stereocenters. The largest absolute Gasteiger partial charge is 0.468 e. The normalized spacial score (nSPS) is 14.6. The number of esters is 1. The van der Waals surface area contributed by atoms with Gasteiger partial charge in [-0.2, -0.15) is 5.01 Å². The Morgan fingerprint density at radius 2 is 1.38 bits per heavy atom. The van der Waals surface area contributed by atoms with E-state index in [2.05, 4.69) is 64.8 Å². The van der Waals surface area contributed by atoms with Crippen molar-refractivity contribution in [2.24, 2.45) is 5.92 Å². The van der Waals surface area contributed by atoms with Crippen molar-refractivity contribution in [2.45, 2.75) is 50.6 Å². The van der Waals surface area contributed by atoms with E-state index in [9.17, 15) is 14.4 Å². The first-order valence-electron chi connectivity index (χ1n) is 20.7. The number of carbonyl (C=O) groups excluding carboxylic acids is 3. The number of rotatable bonds is 14. The molecule has 5 aromatic carbocycles. The average Bonchev–Trinajstić information content (AvgIpc) is 4.02. The minimum atomic E-state index is -0.918. The number of tetrazole rings is 1. The molecule has 0 aliphatic carbocycles. The fraction of sp³-hybridized carbons (Fsp3) is 0.220. The van der Waals surface area contributed by atoms with Gasteiger partial charge in [0.1, 0.15) is 11.6 Å². The van der Waals surface area contributed by atoms with E-state index < -0.39 is 29.4 Å². The van der Waals surface area contributed by atoms with Gasteiger partial charge in [0, 0.05) is 30.4 Å². The smallest absolute Gasteiger partial charge is 0.324 e. The van der Waals surface area contributed by atoms with Gasteiger partial charge < -0.3 is 4.74 Å². The van der Waals surface area contributed by atoms with E-state index in [-0.39, 0.29) is 11.5 Å².